The van der Waals surface area contributed by atoms with Crippen molar-refractivity contribution < 1.29 is 14.3 Å². The lowest BCUT2D eigenvalue weighted by molar-refractivity contribution is -0.0777. The summed E-state index contributed by atoms with van der Waals surface area (Å²) in [7, 11) is 0. The summed E-state index contributed by atoms with van der Waals surface area (Å²) in [6.07, 6.45) is 1.72. The van der Waals surface area contributed by atoms with Gasteiger partial charge < -0.3 is 14.4 Å². The minimum atomic E-state index is -0.188. The second-order valence-corrected chi connectivity index (χ2v) is 7.09. The number of rotatable bonds is 6. The third kappa shape index (κ3) is 4.60. The lowest BCUT2D eigenvalue weighted by atomic mass is 9.92. The van der Waals surface area contributed by atoms with Crippen LogP contribution >= 0.6 is 0 Å². The van der Waals surface area contributed by atoms with Crippen LogP contribution in [-0.2, 0) is 4.74 Å². The lowest BCUT2D eigenvalue weighted by Gasteiger charge is -2.41. The minimum Gasteiger partial charge on any atom is -0.488 e. The molecule has 24 heavy (non-hydrogen) atoms. The number of amides is 1. The summed E-state index contributed by atoms with van der Waals surface area (Å²) in [6, 6.07) is 7.64. The number of carbonyl (C=O) groups excluding carboxylic acids is 1. The fraction of sp³-hybridized carbons (Fsp3) is 0.550. The maximum absolute atomic E-state index is 13.1. The molecule has 0 spiro atoms. The Morgan fingerprint density at radius 1 is 1.42 bits per heavy atom. The van der Waals surface area contributed by atoms with Crippen molar-refractivity contribution in [2.75, 3.05) is 19.8 Å². The Balaban J connectivity index is 2.21. The second-order valence-electron chi connectivity index (χ2n) is 7.09. The van der Waals surface area contributed by atoms with Crippen molar-refractivity contribution in [1.29, 1.82) is 0 Å². The summed E-state index contributed by atoms with van der Waals surface area (Å²) < 4.78 is 11.6. The Morgan fingerprint density at radius 3 is 2.75 bits per heavy atom. The van der Waals surface area contributed by atoms with Gasteiger partial charge in [0.15, 0.2) is 0 Å². The molecule has 2 rings (SSSR count). The van der Waals surface area contributed by atoms with E-state index in [2.05, 4.69) is 20.4 Å². The monoisotopic (exact) mass is 331 g/mol. The first-order valence-electron chi connectivity index (χ1n) is 8.65. The van der Waals surface area contributed by atoms with Gasteiger partial charge in [-0.1, -0.05) is 18.7 Å². The van der Waals surface area contributed by atoms with Crippen LogP contribution in [0.3, 0.4) is 0 Å². The van der Waals surface area contributed by atoms with Gasteiger partial charge in [-0.2, -0.15) is 0 Å². The Morgan fingerprint density at radius 2 is 2.12 bits per heavy atom. The molecule has 1 aliphatic heterocycles. The van der Waals surface area contributed by atoms with E-state index in [0.29, 0.717) is 31.1 Å². The van der Waals surface area contributed by atoms with Crippen LogP contribution in [-0.4, -0.2) is 42.2 Å². The predicted molar refractivity (Wildman–Crippen MR) is 96.5 cm³/mol. The van der Waals surface area contributed by atoms with Gasteiger partial charge in [-0.3, -0.25) is 4.79 Å². The number of carbonyl (C=O) groups is 1. The van der Waals surface area contributed by atoms with Crippen LogP contribution in [0.15, 0.2) is 36.4 Å². The Labute approximate surface area is 145 Å². The largest absolute Gasteiger partial charge is 0.488 e. The van der Waals surface area contributed by atoms with Crippen molar-refractivity contribution in [3.8, 4) is 5.75 Å². The van der Waals surface area contributed by atoms with Gasteiger partial charge in [0.05, 0.1) is 11.2 Å². The Bertz CT molecular complexity index is 594. The van der Waals surface area contributed by atoms with Gasteiger partial charge in [0.25, 0.3) is 5.91 Å². The van der Waals surface area contributed by atoms with Crippen LogP contribution in [0.25, 0.3) is 0 Å². The molecular formula is C20H29NO3. The van der Waals surface area contributed by atoms with E-state index in [1.54, 1.807) is 0 Å². The number of ether oxygens (including phenoxy) is 2. The highest BCUT2D eigenvalue weighted by molar-refractivity contribution is 5.97. The summed E-state index contributed by atoms with van der Waals surface area (Å²) in [4.78, 5) is 15.1. The second kappa shape index (κ2) is 7.84. The highest BCUT2D eigenvalue weighted by Gasteiger charge is 2.34. The van der Waals surface area contributed by atoms with Crippen molar-refractivity contribution in [3.05, 3.63) is 42.0 Å². The van der Waals surface area contributed by atoms with Crippen LogP contribution in [0.4, 0.5) is 0 Å². The van der Waals surface area contributed by atoms with Crippen molar-refractivity contribution in [2.45, 2.75) is 52.2 Å². The normalized spacial score (nSPS) is 19.6. The quantitative estimate of drug-likeness (QED) is 0.738. The summed E-state index contributed by atoms with van der Waals surface area (Å²) >= 11 is 0. The number of nitrogens with zero attached hydrogens (tertiary/aromatic N) is 1. The van der Waals surface area contributed by atoms with E-state index in [4.69, 9.17) is 9.47 Å². The van der Waals surface area contributed by atoms with Crippen LogP contribution in [0, 0.1) is 0 Å². The molecule has 132 valence electrons. The van der Waals surface area contributed by atoms with E-state index in [0.717, 1.165) is 18.4 Å². The lowest BCUT2D eigenvalue weighted by Crippen LogP contribution is -2.48. The summed E-state index contributed by atoms with van der Waals surface area (Å²) in [5.74, 6) is 0.646. The Hall–Kier alpha value is -1.81. The molecule has 0 radical (unpaired) electrons. The molecule has 1 aromatic rings. The predicted octanol–water partition coefficient (Wildman–Crippen LogP) is 4.06. The third-order valence-electron chi connectivity index (χ3n) is 4.30. The fourth-order valence-electron chi connectivity index (χ4n) is 3.16. The molecule has 0 aromatic heterocycles. The van der Waals surface area contributed by atoms with E-state index >= 15 is 0 Å². The zero-order valence-electron chi connectivity index (χ0n) is 15.3. The number of hydrogen-bond donors (Lipinski definition) is 0. The molecule has 1 saturated heterocycles. The zero-order chi connectivity index (χ0) is 17.7. The molecule has 1 heterocycles. The van der Waals surface area contributed by atoms with Crippen molar-refractivity contribution in [2.24, 2.45) is 0 Å². The molecule has 0 N–H and O–H groups in total. The average molecular weight is 331 g/mol. The van der Waals surface area contributed by atoms with Gasteiger partial charge in [-0.15, -0.1) is 0 Å². The molecule has 1 atom stereocenters. The third-order valence-corrected chi connectivity index (χ3v) is 4.30. The van der Waals surface area contributed by atoms with E-state index in [-0.39, 0.29) is 17.6 Å². The van der Waals surface area contributed by atoms with Crippen LogP contribution < -0.4 is 4.74 Å². The van der Waals surface area contributed by atoms with E-state index < -0.39 is 0 Å². The van der Waals surface area contributed by atoms with Crippen LogP contribution in [0.2, 0.25) is 0 Å². The first kappa shape index (κ1) is 18.5. The average Bonchev–Trinajstić information content (AvgIpc) is 2.53. The topological polar surface area (TPSA) is 38.8 Å². The van der Waals surface area contributed by atoms with Crippen molar-refractivity contribution in [1.82, 2.24) is 4.90 Å². The number of para-hydroxylation sites is 1. The van der Waals surface area contributed by atoms with Gasteiger partial charge in [0.2, 0.25) is 0 Å². The molecule has 0 saturated carbocycles. The SMILES string of the molecule is C=C(C)COc1ccccc1C(=O)N(CC)[C@@H]1CCOC(C)(C)C1. The molecule has 1 fully saturated rings. The first-order chi connectivity index (χ1) is 11.3. The number of benzene rings is 1. The van der Waals surface area contributed by atoms with Crippen LogP contribution in [0.5, 0.6) is 5.75 Å². The highest BCUT2D eigenvalue weighted by atomic mass is 16.5. The first-order valence-corrected chi connectivity index (χ1v) is 8.65. The number of hydrogen-bond acceptors (Lipinski definition) is 3. The molecule has 1 amide bonds. The summed E-state index contributed by atoms with van der Waals surface area (Å²) in [5.41, 5.74) is 1.35. The molecule has 4 heteroatoms. The van der Waals surface area contributed by atoms with E-state index in [1.807, 2.05) is 43.0 Å². The van der Waals surface area contributed by atoms with Gasteiger partial charge in [-0.25, -0.2) is 0 Å². The van der Waals surface area contributed by atoms with Gasteiger partial charge in [0.1, 0.15) is 12.4 Å². The standard InChI is InChI=1S/C20H29NO3/c1-6-21(16-11-12-24-20(4,5)13-16)19(22)17-9-7-8-10-18(17)23-14-15(2)3/h7-10,16H,2,6,11-14H2,1,3-5H3/t16-/m1/s1. The molecule has 0 bridgehead atoms. The minimum absolute atomic E-state index is 0.0255. The van der Waals surface area contributed by atoms with Gasteiger partial charge >= 0.3 is 0 Å². The molecule has 4 nitrogen and oxygen atoms in total. The van der Waals surface area contributed by atoms with Gasteiger partial charge in [0, 0.05) is 19.2 Å². The van der Waals surface area contributed by atoms with Crippen LogP contribution in [0.1, 0.15) is 50.9 Å². The van der Waals surface area contributed by atoms with Crippen molar-refractivity contribution >= 4 is 5.91 Å². The molecule has 1 aliphatic rings. The fourth-order valence-corrected chi connectivity index (χ4v) is 3.16. The summed E-state index contributed by atoms with van der Waals surface area (Å²) in [5, 5.41) is 0. The molecule has 1 aromatic carbocycles. The zero-order valence-corrected chi connectivity index (χ0v) is 15.3. The maximum Gasteiger partial charge on any atom is 0.257 e. The van der Waals surface area contributed by atoms with E-state index in [9.17, 15) is 4.79 Å². The van der Waals surface area contributed by atoms with E-state index in [1.165, 1.54) is 0 Å². The van der Waals surface area contributed by atoms with Crippen molar-refractivity contribution in [3.63, 3.8) is 0 Å². The maximum atomic E-state index is 13.1. The molecular weight excluding hydrogens is 302 g/mol. The molecule has 0 aliphatic carbocycles. The summed E-state index contributed by atoms with van der Waals surface area (Å²) in [6.45, 7) is 13.7. The highest BCUT2D eigenvalue weighted by Crippen LogP contribution is 2.29. The Kier molecular flexibility index (Phi) is 6.05. The molecule has 0 unspecified atom stereocenters. The van der Waals surface area contributed by atoms with Gasteiger partial charge in [-0.05, 0) is 58.2 Å². The smallest absolute Gasteiger partial charge is 0.257 e.